The van der Waals surface area contributed by atoms with Gasteiger partial charge in [0, 0.05) is 0 Å². The number of ether oxygens (including phenoxy) is 1. The minimum atomic E-state index is -2.84. The van der Waals surface area contributed by atoms with Crippen LogP contribution < -0.4 is 0 Å². The standard InChI is InChI=1S/C10H18O3S/c1-10(2,3)13-8-6-9(8)14(11,12)7-4-5-7/h7-9H,4-6H2,1-3H3/t8-,9-/m0/s1. The summed E-state index contributed by atoms with van der Waals surface area (Å²) in [5.41, 5.74) is -0.224. The van der Waals surface area contributed by atoms with E-state index < -0.39 is 9.84 Å². The normalized spacial score (nSPS) is 33.1. The number of sulfone groups is 1. The molecule has 0 aromatic carbocycles. The van der Waals surface area contributed by atoms with Gasteiger partial charge in [0.2, 0.25) is 0 Å². The molecule has 0 aromatic rings. The molecule has 0 amide bonds. The highest BCUT2D eigenvalue weighted by Gasteiger charge is 2.54. The summed E-state index contributed by atoms with van der Waals surface area (Å²) < 4.78 is 29.2. The highest BCUT2D eigenvalue weighted by atomic mass is 32.2. The van der Waals surface area contributed by atoms with Crippen LogP contribution in [0.4, 0.5) is 0 Å². The van der Waals surface area contributed by atoms with Crippen molar-refractivity contribution >= 4 is 9.84 Å². The van der Waals surface area contributed by atoms with Crippen LogP contribution in [0.3, 0.4) is 0 Å². The molecule has 0 unspecified atom stereocenters. The molecule has 0 N–H and O–H groups in total. The van der Waals surface area contributed by atoms with E-state index in [2.05, 4.69) is 0 Å². The number of hydrogen-bond acceptors (Lipinski definition) is 3. The molecule has 82 valence electrons. The lowest BCUT2D eigenvalue weighted by molar-refractivity contribution is -0.0146. The first-order valence-electron chi connectivity index (χ1n) is 5.21. The van der Waals surface area contributed by atoms with Gasteiger partial charge in [0.1, 0.15) is 0 Å². The molecule has 2 rings (SSSR count). The fourth-order valence-corrected chi connectivity index (χ4v) is 3.94. The van der Waals surface area contributed by atoms with Crippen molar-refractivity contribution in [3.63, 3.8) is 0 Å². The second-order valence-electron chi connectivity index (χ2n) is 5.33. The van der Waals surface area contributed by atoms with Crippen LogP contribution in [-0.2, 0) is 14.6 Å². The molecule has 4 heteroatoms. The molecule has 0 bridgehead atoms. The van der Waals surface area contributed by atoms with Crippen LogP contribution in [0.5, 0.6) is 0 Å². The summed E-state index contributed by atoms with van der Waals surface area (Å²) in [5, 5.41) is -0.240. The van der Waals surface area contributed by atoms with Gasteiger partial charge in [-0.3, -0.25) is 0 Å². The lowest BCUT2D eigenvalue weighted by atomic mass is 10.2. The summed E-state index contributed by atoms with van der Waals surface area (Å²) in [4.78, 5) is 0. The van der Waals surface area contributed by atoms with E-state index in [1.165, 1.54) is 0 Å². The Bertz CT molecular complexity index is 322. The van der Waals surface area contributed by atoms with Crippen molar-refractivity contribution in [2.24, 2.45) is 0 Å². The SMILES string of the molecule is CC(C)(C)O[C@H]1C[C@@H]1S(=O)(=O)C1CC1. The predicted octanol–water partition coefficient (Wildman–Crippen LogP) is 1.52. The van der Waals surface area contributed by atoms with E-state index in [9.17, 15) is 8.42 Å². The quantitative estimate of drug-likeness (QED) is 0.721. The largest absolute Gasteiger partial charge is 0.371 e. The summed E-state index contributed by atoms with van der Waals surface area (Å²) >= 11 is 0. The van der Waals surface area contributed by atoms with E-state index >= 15 is 0 Å². The van der Waals surface area contributed by atoms with Crippen molar-refractivity contribution in [2.45, 2.75) is 62.2 Å². The van der Waals surface area contributed by atoms with Gasteiger partial charge in [0.25, 0.3) is 0 Å². The van der Waals surface area contributed by atoms with E-state index in [1.807, 2.05) is 20.8 Å². The van der Waals surface area contributed by atoms with Crippen LogP contribution in [0, 0.1) is 0 Å². The van der Waals surface area contributed by atoms with Crippen molar-refractivity contribution in [3.8, 4) is 0 Å². The fourth-order valence-electron chi connectivity index (χ4n) is 1.72. The van der Waals surface area contributed by atoms with Gasteiger partial charge < -0.3 is 4.74 Å². The summed E-state index contributed by atoms with van der Waals surface area (Å²) in [6.45, 7) is 5.89. The molecule has 14 heavy (non-hydrogen) atoms. The number of rotatable bonds is 3. The third-order valence-corrected chi connectivity index (χ3v) is 5.33. The molecule has 2 aliphatic rings. The first-order valence-corrected chi connectivity index (χ1v) is 6.82. The first kappa shape index (κ1) is 10.4. The van der Waals surface area contributed by atoms with Gasteiger partial charge in [0.15, 0.2) is 9.84 Å². The van der Waals surface area contributed by atoms with Crippen molar-refractivity contribution < 1.29 is 13.2 Å². The second kappa shape index (κ2) is 2.95. The highest BCUT2D eigenvalue weighted by molar-refractivity contribution is 7.93. The average molecular weight is 218 g/mol. The molecule has 0 aliphatic heterocycles. The van der Waals surface area contributed by atoms with E-state index in [0.29, 0.717) is 6.42 Å². The third-order valence-electron chi connectivity index (χ3n) is 2.59. The monoisotopic (exact) mass is 218 g/mol. The van der Waals surface area contributed by atoms with Crippen LogP contribution in [-0.4, -0.2) is 30.6 Å². The Hall–Kier alpha value is -0.0900. The van der Waals surface area contributed by atoms with Crippen LogP contribution in [0.25, 0.3) is 0 Å². The minimum absolute atomic E-state index is 0.0407. The second-order valence-corrected chi connectivity index (χ2v) is 7.78. The summed E-state index contributed by atoms with van der Waals surface area (Å²) in [6.07, 6.45) is 2.39. The summed E-state index contributed by atoms with van der Waals surface area (Å²) in [5.74, 6) is 0. The maximum absolute atomic E-state index is 11.8. The zero-order chi connectivity index (χ0) is 10.6. The molecule has 0 heterocycles. The Morgan fingerprint density at radius 3 is 2.21 bits per heavy atom. The van der Waals surface area contributed by atoms with Crippen molar-refractivity contribution in [2.75, 3.05) is 0 Å². The smallest absolute Gasteiger partial charge is 0.158 e. The van der Waals surface area contributed by atoms with Crippen LogP contribution in [0.1, 0.15) is 40.0 Å². The van der Waals surface area contributed by atoms with Gasteiger partial charge in [-0.2, -0.15) is 0 Å². The van der Waals surface area contributed by atoms with E-state index in [-0.39, 0.29) is 22.2 Å². The first-order chi connectivity index (χ1) is 6.31. The van der Waals surface area contributed by atoms with Gasteiger partial charge in [-0.25, -0.2) is 8.42 Å². The zero-order valence-electron chi connectivity index (χ0n) is 8.99. The Kier molecular flexibility index (Phi) is 2.20. The molecular formula is C10H18O3S. The van der Waals surface area contributed by atoms with Gasteiger partial charge in [0.05, 0.1) is 22.2 Å². The lowest BCUT2D eigenvalue weighted by Gasteiger charge is -2.19. The van der Waals surface area contributed by atoms with Crippen molar-refractivity contribution in [3.05, 3.63) is 0 Å². The molecule has 0 saturated heterocycles. The third kappa shape index (κ3) is 2.11. The topological polar surface area (TPSA) is 43.4 Å². The van der Waals surface area contributed by atoms with Gasteiger partial charge in [-0.15, -0.1) is 0 Å². The maximum atomic E-state index is 11.8. The van der Waals surface area contributed by atoms with Gasteiger partial charge in [-0.1, -0.05) is 0 Å². The van der Waals surface area contributed by atoms with Gasteiger partial charge in [-0.05, 0) is 40.0 Å². The van der Waals surface area contributed by atoms with Crippen LogP contribution in [0.2, 0.25) is 0 Å². The molecule has 2 saturated carbocycles. The Balaban J connectivity index is 1.93. The number of hydrogen-bond donors (Lipinski definition) is 0. The van der Waals surface area contributed by atoms with Crippen LogP contribution >= 0.6 is 0 Å². The maximum Gasteiger partial charge on any atom is 0.158 e. The molecule has 2 atom stereocenters. The van der Waals surface area contributed by atoms with E-state index in [1.54, 1.807) is 0 Å². The highest BCUT2D eigenvalue weighted by Crippen LogP contribution is 2.43. The van der Waals surface area contributed by atoms with E-state index in [0.717, 1.165) is 12.8 Å². The van der Waals surface area contributed by atoms with E-state index in [4.69, 9.17) is 4.74 Å². The lowest BCUT2D eigenvalue weighted by Crippen LogP contribution is -2.24. The van der Waals surface area contributed by atoms with Gasteiger partial charge >= 0.3 is 0 Å². The Morgan fingerprint density at radius 1 is 1.21 bits per heavy atom. The molecule has 2 aliphatic carbocycles. The molecule has 0 radical (unpaired) electrons. The van der Waals surface area contributed by atoms with Crippen molar-refractivity contribution in [1.29, 1.82) is 0 Å². The molecule has 0 spiro atoms. The molecular weight excluding hydrogens is 200 g/mol. The minimum Gasteiger partial charge on any atom is -0.371 e. The Morgan fingerprint density at radius 2 is 1.79 bits per heavy atom. The molecule has 2 fully saturated rings. The summed E-state index contributed by atoms with van der Waals surface area (Å²) in [7, 11) is -2.84. The fraction of sp³-hybridized carbons (Fsp3) is 1.00. The van der Waals surface area contributed by atoms with Crippen molar-refractivity contribution in [1.82, 2.24) is 0 Å². The predicted molar refractivity (Wildman–Crippen MR) is 55.0 cm³/mol. The Labute approximate surface area is 85.8 Å². The zero-order valence-corrected chi connectivity index (χ0v) is 9.80. The average Bonchev–Trinajstić information content (AvgIpc) is 2.76. The molecule has 0 aromatic heterocycles. The summed E-state index contributed by atoms with van der Waals surface area (Å²) in [6, 6.07) is 0. The molecule has 3 nitrogen and oxygen atoms in total. The van der Waals surface area contributed by atoms with Crippen LogP contribution in [0.15, 0.2) is 0 Å².